The second-order valence-corrected chi connectivity index (χ2v) is 4.48. The van der Waals surface area contributed by atoms with Gasteiger partial charge in [-0.2, -0.15) is 15.5 Å². The first-order valence-electron chi connectivity index (χ1n) is 5.01. The van der Waals surface area contributed by atoms with Crippen molar-refractivity contribution in [1.29, 1.82) is 10.5 Å². The van der Waals surface area contributed by atoms with E-state index in [9.17, 15) is 10.5 Å². The highest BCUT2D eigenvalue weighted by atomic mass is 32.1. The number of pyridine rings is 1. The van der Waals surface area contributed by atoms with Gasteiger partial charge in [0.25, 0.3) is 0 Å². The number of aromatic nitrogens is 2. The van der Waals surface area contributed by atoms with Crippen molar-refractivity contribution < 1.29 is 4.74 Å². The van der Waals surface area contributed by atoms with Crippen LogP contribution in [0.2, 0.25) is 0 Å². The van der Waals surface area contributed by atoms with Crippen molar-refractivity contribution in [3.8, 4) is 28.5 Å². The first-order valence-corrected chi connectivity index (χ1v) is 5.83. The fraction of sp³-hybridized carbons (Fsp3) is 0.0909. The van der Waals surface area contributed by atoms with Crippen LogP contribution in [0, 0.1) is 22.7 Å². The van der Waals surface area contributed by atoms with Crippen molar-refractivity contribution in [3.05, 3.63) is 17.3 Å². The zero-order valence-corrected chi connectivity index (χ0v) is 10.7. The molecule has 0 radical (unpaired) electrons. The van der Waals surface area contributed by atoms with Gasteiger partial charge in [-0.1, -0.05) is 11.3 Å². The van der Waals surface area contributed by atoms with Gasteiger partial charge in [0, 0.05) is 11.8 Å². The first-order chi connectivity index (χ1) is 9.12. The van der Waals surface area contributed by atoms with Crippen LogP contribution >= 0.6 is 11.3 Å². The van der Waals surface area contributed by atoms with Crippen LogP contribution in [0.1, 0.15) is 11.1 Å². The molecule has 0 aliphatic heterocycles. The number of thiazole rings is 1. The summed E-state index contributed by atoms with van der Waals surface area (Å²) in [4.78, 5) is 8.36. The molecule has 0 aliphatic rings. The fourth-order valence-electron chi connectivity index (χ4n) is 1.60. The maximum atomic E-state index is 9.24. The van der Waals surface area contributed by atoms with E-state index in [0.717, 1.165) is 11.3 Å². The largest absolute Gasteiger partial charge is 0.480 e. The Morgan fingerprint density at radius 2 is 1.95 bits per heavy atom. The van der Waals surface area contributed by atoms with E-state index in [0.29, 0.717) is 15.6 Å². The Morgan fingerprint density at radius 1 is 1.26 bits per heavy atom. The Balaban J connectivity index is 2.87. The average Bonchev–Trinajstić information content (AvgIpc) is 2.83. The Morgan fingerprint density at radius 3 is 2.42 bits per heavy atom. The van der Waals surface area contributed by atoms with E-state index in [1.807, 2.05) is 12.1 Å². The minimum Gasteiger partial charge on any atom is -0.480 e. The number of ether oxygens (including phenoxy) is 1. The highest BCUT2D eigenvalue weighted by Crippen LogP contribution is 2.37. The third kappa shape index (κ3) is 2.01. The molecule has 0 fully saturated rings. The minimum atomic E-state index is 0.000298. The zero-order chi connectivity index (χ0) is 14.0. The summed E-state index contributed by atoms with van der Waals surface area (Å²) in [5.74, 6) is 0.0706. The summed E-state index contributed by atoms with van der Waals surface area (Å²) in [6.45, 7) is 0. The monoisotopic (exact) mass is 272 g/mol. The molecule has 2 aromatic heterocycles. The van der Waals surface area contributed by atoms with Crippen molar-refractivity contribution in [2.75, 3.05) is 18.6 Å². The summed E-state index contributed by atoms with van der Waals surface area (Å²) < 4.78 is 5.02. The number of nitrogens with two attached hydrogens (primary N) is 2. The average molecular weight is 272 g/mol. The van der Waals surface area contributed by atoms with Crippen LogP contribution in [0.4, 0.5) is 10.9 Å². The molecule has 4 N–H and O–H groups in total. The summed E-state index contributed by atoms with van der Waals surface area (Å²) in [5.41, 5.74) is 11.9. The molecule has 2 aromatic rings. The van der Waals surface area contributed by atoms with E-state index in [1.54, 1.807) is 0 Å². The van der Waals surface area contributed by atoms with Crippen molar-refractivity contribution in [1.82, 2.24) is 9.97 Å². The summed E-state index contributed by atoms with van der Waals surface area (Å²) in [5, 5.41) is 18.8. The fourth-order valence-corrected chi connectivity index (χ4v) is 2.34. The van der Waals surface area contributed by atoms with Gasteiger partial charge in [0.05, 0.1) is 12.0 Å². The number of nitriles is 2. The second-order valence-electron chi connectivity index (χ2n) is 3.42. The van der Waals surface area contributed by atoms with Gasteiger partial charge >= 0.3 is 0 Å². The van der Waals surface area contributed by atoms with Crippen LogP contribution < -0.4 is 16.2 Å². The Kier molecular flexibility index (Phi) is 3.19. The number of methoxy groups -OCH3 is 1. The van der Waals surface area contributed by atoms with Crippen LogP contribution in [0.5, 0.6) is 5.88 Å². The molecule has 8 heteroatoms. The van der Waals surface area contributed by atoms with Gasteiger partial charge < -0.3 is 16.2 Å². The van der Waals surface area contributed by atoms with E-state index in [-0.39, 0.29) is 22.8 Å². The lowest BCUT2D eigenvalue weighted by Crippen LogP contribution is -2.03. The molecule has 0 aliphatic carbocycles. The molecule has 0 unspecified atom stereocenters. The predicted octanol–water partition coefficient (Wildman–Crippen LogP) is 1.12. The summed E-state index contributed by atoms with van der Waals surface area (Å²) in [7, 11) is 1.37. The van der Waals surface area contributed by atoms with Crippen molar-refractivity contribution >= 4 is 22.3 Å². The number of rotatable bonds is 2. The molecular formula is C11H8N6OS. The Bertz CT molecular complexity index is 724. The molecule has 19 heavy (non-hydrogen) atoms. The highest BCUT2D eigenvalue weighted by Gasteiger charge is 2.22. The maximum Gasteiger partial charge on any atom is 0.234 e. The van der Waals surface area contributed by atoms with Crippen molar-refractivity contribution in [2.45, 2.75) is 0 Å². The molecule has 94 valence electrons. The standard InChI is InChI=1S/C11H8N6OS/c1-18-10-6(3-13)8(5(2-12)9(14)17-10)7-4-16-11(15)19-7/h4H,1H3,(H2,14,17)(H2,15,16). The van der Waals surface area contributed by atoms with Crippen LogP contribution in [0.15, 0.2) is 6.20 Å². The predicted molar refractivity (Wildman–Crippen MR) is 70.2 cm³/mol. The van der Waals surface area contributed by atoms with E-state index >= 15 is 0 Å². The van der Waals surface area contributed by atoms with Gasteiger partial charge in [-0.25, -0.2) is 4.98 Å². The molecule has 0 aromatic carbocycles. The number of nitrogen functional groups attached to an aromatic ring is 2. The Hall–Kier alpha value is -2.84. The summed E-state index contributed by atoms with van der Waals surface area (Å²) in [6.07, 6.45) is 1.48. The highest BCUT2D eigenvalue weighted by molar-refractivity contribution is 7.18. The summed E-state index contributed by atoms with van der Waals surface area (Å²) in [6, 6.07) is 3.91. The molecule has 2 heterocycles. The number of anilines is 2. The molecule has 2 rings (SSSR count). The van der Waals surface area contributed by atoms with Crippen LogP contribution in [-0.4, -0.2) is 17.1 Å². The van der Waals surface area contributed by atoms with Gasteiger partial charge in [0.1, 0.15) is 29.1 Å². The molecule has 0 saturated heterocycles. The van der Waals surface area contributed by atoms with E-state index in [1.165, 1.54) is 13.3 Å². The number of hydrogen-bond acceptors (Lipinski definition) is 8. The topological polar surface area (TPSA) is 135 Å². The lowest BCUT2D eigenvalue weighted by molar-refractivity contribution is 0.397. The molecule has 0 atom stereocenters. The minimum absolute atomic E-state index is 0.000298. The molecule has 0 bridgehead atoms. The van der Waals surface area contributed by atoms with Gasteiger partial charge in [0.2, 0.25) is 5.88 Å². The van der Waals surface area contributed by atoms with E-state index < -0.39 is 0 Å². The van der Waals surface area contributed by atoms with Crippen molar-refractivity contribution in [3.63, 3.8) is 0 Å². The van der Waals surface area contributed by atoms with Crippen LogP contribution in [0.3, 0.4) is 0 Å². The molecule has 0 spiro atoms. The van der Waals surface area contributed by atoms with Crippen molar-refractivity contribution in [2.24, 2.45) is 0 Å². The molecule has 0 amide bonds. The molecule has 7 nitrogen and oxygen atoms in total. The summed E-state index contributed by atoms with van der Waals surface area (Å²) >= 11 is 1.15. The van der Waals surface area contributed by atoms with Gasteiger partial charge in [-0.15, -0.1) is 0 Å². The first kappa shape index (κ1) is 12.6. The molecule has 0 saturated carbocycles. The number of nitrogens with zero attached hydrogens (tertiary/aromatic N) is 4. The van der Waals surface area contributed by atoms with E-state index in [2.05, 4.69) is 9.97 Å². The lowest BCUT2D eigenvalue weighted by atomic mass is 10.0. The second kappa shape index (κ2) is 4.80. The lowest BCUT2D eigenvalue weighted by Gasteiger charge is -2.09. The van der Waals surface area contributed by atoms with Gasteiger partial charge in [-0.3, -0.25) is 0 Å². The normalized spacial score (nSPS) is 9.63. The molecular weight excluding hydrogens is 264 g/mol. The quantitative estimate of drug-likeness (QED) is 0.836. The van der Waals surface area contributed by atoms with Gasteiger partial charge in [0.15, 0.2) is 5.13 Å². The van der Waals surface area contributed by atoms with E-state index in [4.69, 9.17) is 16.2 Å². The third-order valence-electron chi connectivity index (χ3n) is 2.38. The number of hydrogen-bond donors (Lipinski definition) is 2. The zero-order valence-electron chi connectivity index (χ0n) is 9.84. The maximum absolute atomic E-state index is 9.24. The smallest absolute Gasteiger partial charge is 0.234 e. The third-order valence-corrected chi connectivity index (χ3v) is 3.22. The van der Waals surface area contributed by atoms with Crippen LogP contribution in [0.25, 0.3) is 10.4 Å². The Labute approximate surface area is 112 Å². The van der Waals surface area contributed by atoms with Crippen LogP contribution in [-0.2, 0) is 0 Å². The van der Waals surface area contributed by atoms with Gasteiger partial charge in [-0.05, 0) is 0 Å². The SMILES string of the molecule is COc1nc(N)c(C#N)c(-c2cnc(N)s2)c1C#N.